The van der Waals surface area contributed by atoms with Crippen LogP contribution in [-0.2, 0) is 4.79 Å². The monoisotopic (exact) mass is 257 g/mol. The van der Waals surface area contributed by atoms with Gasteiger partial charge in [-0.3, -0.25) is 4.79 Å². The van der Waals surface area contributed by atoms with Gasteiger partial charge in [0.25, 0.3) is 0 Å². The van der Waals surface area contributed by atoms with E-state index >= 15 is 0 Å². The molecule has 1 unspecified atom stereocenters. The zero-order chi connectivity index (χ0) is 11.7. The molecular formula is C10H9Cl2N3O. The number of H-pyrrole nitrogens is 1. The molecule has 2 rings (SSSR count). The third-order valence-corrected chi connectivity index (χ3v) is 2.46. The van der Waals surface area contributed by atoms with Crippen LogP contribution in [0.2, 0.25) is 5.28 Å². The molecule has 0 aliphatic heterocycles. The summed E-state index contributed by atoms with van der Waals surface area (Å²) in [4.78, 5) is 18.3. The van der Waals surface area contributed by atoms with Crippen molar-refractivity contribution in [1.82, 2.24) is 9.97 Å². The van der Waals surface area contributed by atoms with Crippen LogP contribution in [0, 0.1) is 0 Å². The summed E-state index contributed by atoms with van der Waals surface area (Å²) in [5, 5.41) is 2.44. The Morgan fingerprint density at radius 3 is 3.00 bits per heavy atom. The summed E-state index contributed by atoms with van der Waals surface area (Å²) in [6.45, 7) is 1.61. The number of aromatic amines is 1. The minimum atomic E-state index is -0.568. The van der Waals surface area contributed by atoms with E-state index in [9.17, 15) is 4.79 Å². The highest BCUT2D eigenvalue weighted by molar-refractivity contribution is 6.32. The number of alkyl halides is 1. The van der Waals surface area contributed by atoms with Crippen molar-refractivity contribution >= 4 is 45.8 Å². The standard InChI is InChI=1S/C10H9Cl2N3O/c1-5(11)9(16)13-6-2-3-7-8(4-6)15-10(12)14-7/h2-5H,1H3,(H,13,16)(H,14,15). The van der Waals surface area contributed by atoms with Gasteiger partial charge in [-0.05, 0) is 36.7 Å². The summed E-state index contributed by atoms with van der Waals surface area (Å²) in [6, 6.07) is 5.27. The molecule has 16 heavy (non-hydrogen) atoms. The zero-order valence-electron chi connectivity index (χ0n) is 8.42. The maximum absolute atomic E-state index is 11.4. The number of hydrogen-bond acceptors (Lipinski definition) is 2. The Morgan fingerprint density at radius 2 is 2.31 bits per heavy atom. The Labute approximate surface area is 102 Å². The lowest BCUT2D eigenvalue weighted by atomic mass is 10.2. The molecule has 0 bridgehead atoms. The van der Waals surface area contributed by atoms with Crippen molar-refractivity contribution in [3.05, 3.63) is 23.5 Å². The molecule has 0 radical (unpaired) electrons. The Morgan fingerprint density at radius 1 is 1.56 bits per heavy atom. The Balaban J connectivity index is 2.29. The molecule has 84 valence electrons. The van der Waals surface area contributed by atoms with Crippen LogP contribution in [0.4, 0.5) is 5.69 Å². The fourth-order valence-electron chi connectivity index (χ4n) is 1.30. The van der Waals surface area contributed by atoms with Gasteiger partial charge >= 0.3 is 0 Å². The van der Waals surface area contributed by atoms with Crippen molar-refractivity contribution in [2.24, 2.45) is 0 Å². The SMILES string of the molecule is CC(Cl)C(=O)Nc1ccc2nc(Cl)[nH]c2c1. The van der Waals surface area contributed by atoms with Crippen LogP contribution in [0.15, 0.2) is 18.2 Å². The average Bonchev–Trinajstić information content (AvgIpc) is 2.57. The molecule has 1 aromatic heterocycles. The first-order chi connectivity index (χ1) is 7.56. The second kappa shape index (κ2) is 4.31. The van der Waals surface area contributed by atoms with Crippen molar-refractivity contribution in [2.45, 2.75) is 12.3 Å². The molecule has 1 atom stereocenters. The van der Waals surface area contributed by atoms with Gasteiger partial charge in [0.1, 0.15) is 5.38 Å². The normalized spacial score (nSPS) is 12.7. The number of benzene rings is 1. The highest BCUT2D eigenvalue weighted by Crippen LogP contribution is 2.19. The van der Waals surface area contributed by atoms with E-state index in [1.165, 1.54) is 0 Å². The number of aromatic nitrogens is 2. The maximum atomic E-state index is 11.4. The van der Waals surface area contributed by atoms with Gasteiger partial charge in [-0.2, -0.15) is 0 Å². The van der Waals surface area contributed by atoms with Gasteiger partial charge in [-0.25, -0.2) is 4.98 Å². The van der Waals surface area contributed by atoms with E-state index in [4.69, 9.17) is 23.2 Å². The van der Waals surface area contributed by atoms with Gasteiger partial charge in [0, 0.05) is 5.69 Å². The first kappa shape index (κ1) is 11.2. The summed E-state index contributed by atoms with van der Waals surface area (Å²) in [5.74, 6) is -0.244. The summed E-state index contributed by atoms with van der Waals surface area (Å²) >= 11 is 11.4. The lowest BCUT2D eigenvalue weighted by Crippen LogP contribution is -2.20. The Hall–Kier alpha value is -1.26. The number of carbonyl (C=O) groups is 1. The minimum absolute atomic E-state index is 0.244. The number of rotatable bonds is 2. The smallest absolute Gasteiger partial charge is 0.242 e. The lowest BCUT2D eigenvalue weighted by molar-refractivity contribution is -0.115. The van der Waals surface area contributed by atoms with Crippen LogP contribution in [0.5, 0.6) is 0 Å². The predicted octanol–water partition coefficient (Wildman–Crippen LogP) is 2.78. The molecule has 0 spiro atoms. The topological polar surface area (TPSA) is 57.8 Å². The summed E-state index contributed by atoms with van der Waals surface area (Å²) in [5.41, 5.74) is 2.18. The fourth-order valence-corrected chi connectivity index (χ4v) is 1.55. The predicted molar refractivity (Wildman–Crippen MR) is 65.0 cm³/mol. The van der Waals surface area contributed by atoms with E-state index in [1.54, 1.807) is 25.1 Å². The summed E-state index contributed by atoms with van der Waals surface area (Å²) in [6.07, 6.45) is 0. The quantitative estimate of drug-likeness (QED) is 0.813. The number of fused-ring (bicyclic) bond motifs is 1. The first-order valence-electron chi connectivity index (χ1n) is 4.66. The van der Waals surface area contributed by atoms with E-state index in [-0.39, 0.29) is 5.91 Å². The molecule has 2 aromatic rings. The van der Waals surface area contributed by atoms with E-state index in [1.807, 2.05) is 0 Å². The van der Waals surface area contributed by atoms with Crippen molar-refractivity contribution in [3.8, 4) is 0 Å². The van der Waals surface area contributed by atoms with Crippen molar-refractivity contribution in [2.75, 3.05) is 5.32 Å². The molecule has 2 N–H and O–H groups in total. The highest BCUT2D eigenvalue weighted by Gasteiger charge is 2.09. The molecule has 1 heterocycles. The molecule has 0 aliphatic rings. The number of carbonyl (C=O) groups excluding carboxylic acids is 1. The van der Waals surface area contributed by atoms with Crippen LogP contribution in [0.3, 0.4) is 0 Å². The molecule has 0 saturated carbocycles. The lowest BCUT2D eigenvalue weighted by Gasteiger charge is -2.05. The number of anilines is 1. The average molecular weight is 258 g/mol. The van der Waals surface area contributed by atoms with Crippen molar-refractivity contribution < 1.29 is 4.79 Å². The Kier molecular flexibility index (Phi) is 3.03. The third kappa shape index (κ3) is 2.28. The summed E-state index contributed by atoms with van der Waals surface area (Å²) in [7, 11) is 0. The van der Waals surface area contributed by atoms with Crippen LogP contribution in [0.1, 0.15) is 6.92 Å². The van der Waals surface area contributed by atoms with E-state index in [0.717, 1.165) is 11.0 Å². The van der Waals surface area contributed by atoms with Crippen LogP contribution < -0.4 is 5.32 Å². The van der Waals surface area contributed by atoms with Gasteiger partial charge in [0.15, 0.2) is 0 Å². The molecule has 0 saturated heterocycles. The van der Waals surface area contributed by atoms with E-state index in [0.29, 0.717) is 11.0 Å². The van der Waals surface area contributed by atoms with Crippen molar-refractivity contribution in [3.63, 3.8) is 0 Å². The van der Waals surface area contributed by atoms with Crippen LogP contribution in [-0.4, -0.2) is 21.3 Å². The van der Waals surface area contributed by atoms with Gasteiger partial charge in [0.2, 0.25) is 11.2 Å². The third-order valence-electron chi connectivity index (χ3n) is 2.08. The zero-order valence-corrected chi connectivity index (χ0v) is 9.93. The highest BCUT2D eigenvalue weighted by atomic mass is 35.5. The second-order valence-electron chi connectivity index (χ2n) is 3.36. The molecule has 4 nitrogen and oxygen atoms in total. The van der Waals surface area contributed by atoms with Gasteiger partial charge < -0.3 is 10.3 Å². The molecule has 6 heteroatoms. The van der Waals surface area contributed by atoms with Crippen LogP contribution in [0.25, 0.3) is 11.0 Å². The number of nitrogens with zero attached hydrogens (tertiary/aromatic N) is 1. The number of hydrogen-bond donors (Lipinski definition) is 2. The molecule has 0 aliphatic carbocycles. The Bertz CT molecular complexity index is 536. The number of nitrogens with one attached hydrogen (secondary N) is 2. The molecule has 1 aromatic carbocycles. The first-order valence-corrected chi connectivity index (χ1v) is 5.48. The summed E-state index contributed by atoms with van der Waals surface area (Å²) < 4.78 is 0. The number of halogens is 2. The largest absolute Gasteiger partial charge is 0.329 e. The number of imidazole rings is 1. The van der Waals surface area contributed by atoms with E-state index in [2.05, 4.69) is 15.3 Å². The van der Waals surface area contributed by atoms with Gasteiger partial charge in [-0.15, -0.1) is 11.6 Å². The van der Waals surface area contributed by atoms with Crippen molar-refractivity contribution in [1.29, 1.82) is 0 Å². The fraction of sp³-hybridized carbons (Fsp3) is 0.200. The molecular weight excluding hydrogens is 249 g/mol. The molecule has 1 amide bonds. The van der Waals surface area contributed by atoms with Crippen LogP contribution >= 0.6 is 23.2 Å². The van der Waals surface area contributed by atoms with Gasteiger partial charge in [0.05, 0.1) is 11.0 Å². The molecule has 0 fully saturated rings. The minimum Gasteiger partial charge on any atom is -0.329 e. The van der Waals surface area contributed by atoms with E-state index < -0.39 is 5.38 Å². The maximum Gasteiger partial charge on any atom is 0.242 e. The second-order valence-corrected chi connectivity index (χ2v) is 4.38. The number of amides is 1. The van der Waals surface area contributed by atoms with Gasteiger partial charge in [-0.1, -0.05) is 0 Å².